The molecule has 98 valence electrons. The molecule has 1 saturated heterocycles. The molecule has 0 saturated carbocycles. The molecule has 1 amide bonds. The van der Waals surface area contributed by atoms with Gasteiger partial charge in [-0.2, -0.15) is 0 Å². The Bertz CT molecular complexity index is 447. The number of carbonyl (C=O) groups excluding carboxylic acids is 1. The van der Waals surface area contributed by atoms with Gasteiger partial charge in [0.2, 0.25) is 0 Å². The maximum Gasteiger partial charge on any atom is 0.263 e. The zero-order chi connectivity index (χ0) is 13.1. The number of carbonyl (C=O) groups is 1. The van der Waals surface area contributed by atoms with Gasteiger partial charge in [-0.05, 0) is 53.9 Å². The van der Waals surface area contributed by atoms with Crippen molar-refractivity contribution < 1.29 is 9.53 Å². The van der Waals surface area contributed by atoms with Crippen LogP contribution < -0.4 is 4.74 Å². The number of hydrogen-bond donors (Lipinski definition) is 0. The smallest absolute Gasteiger partial charge is 0.263 e. The van der Waals surface area contributed by atoms with Gasteiger partial charge in [0, 0.05) is 18.1 Å². The zero-order valence-corrected chi connectivity index (χ0v) is 12.5. The van der Waals surface area contributed by atoms with Crippen molar-refractivity contribution in [3.63, 3.8) is 0 Å². The van der Waals surface area contributed by atoms with E-state index in [1.807, 2.05) is 4.90 Å². The molecule has 1 aromatic carbocycles. The van der Waals surface area contributed by atoms with Crippen molar-refractivity contribution in [3.05, 3.63) is 27.7 Å². The number of benzene rings is 1. The van der Waals surface area contributed by atoms with Crippen LogP contribution in [0.3, 0.4) is 0 Å². The molecule has 0 N–H and O–H groups in total. The Hall–Kier alpha value is -0.740. The maximum absolute atomic E-state index is 12.1. The van der Waals surface area contributed by atoms with E-state index in [2.05, 4.69) is 15.9 Å². The lowest BCUT2D eigenvalue weighted by atomic mass is 10.3. The SMILES string of the molecule is CC(Oc1ccc(Cl)cc1Br)C(=O)N1CCCC1. The van der Waals surface area contributed by atoms with Gasteiger partial charge in [0.1, 0.15) is 5.75 Å². The topological polar surface area (TPSA) is 29.5 Å². The highest BCUT2D eigenvalue weighted by Gasteiger charge is 2.24. The fraction of sp³-hybridized carbons (Fsp3) is 0.462. The summed E-state index contributed by atoms with van der Waals surface area (Å²) in [6.07, 6.45) is 1.70. The fourth-order valence-corrected chi connectivity index (χ4v) is 2.78. The molecule has 5 heteroatoms. The van der Waals surface area contributed by atoms with E-state index in [1.165, 1.54) is 0 Å². The number of rotatable bonds is 3. The highest BCUT2D eigenvalue weighted by atomic mass is 79.9. The van der Waals surface area contributed by atoms with Crippen LogP contribution >= 0.6 is 27.5 Å². The molecular formula is C13H15BrClNO2. The van der Waals surface area contributed by atoms with Crippen LogP contribution in [0.25, 0.3) is 0 Å². The molecule has 1 unspecified atom stereocenters. The van der Waals surface area contributed by atoms with E-state index in [0.717, 1.165) is 30.4 Å². The molecule has 1 fully saturated rings. The summed E-state index contributed by atoms with van der Waals surface area (Å²) in [5.74, 6) is 0.689. The lowest BCUT2D eigenvalue weighted by molar-refractivity contribution is -0.136. The average Bonchev–Trinajstić information content (AvgIpc) is 2.85. The fourth-order valence-electron chi connectivity index (χ4n) is 2.01. The van der Waals surface area contributed by atoms with E-state index in [9.17, 15) is 4.79 Å². The molecule has 1 aliphatic rings. The number of hydrogen-bond acceptors (Lipinski definition) is 2. The molecule has 0 spiro atoms. The Morgan fingerprint density at radius 1 is 1.44 bits per heavy atom. The van der Waals surface area contributed by atoms with Crippen molar-refractivity contribution in [2.45, 2.75) is 25.9 Å². The van der Waals surface area contributed by atoms with Gasteiger partial charge in [0.15, 0.2) is 6.10 Å². The minimum Gasteiger partial charge on any atom is -0.480 e. The largest absolute Gasteiger partial charge is 0.480 e. The minimum atomic E-state index is -0.472. The molecule has 1 heterocycles. The van der Waals surface area contributed by atoms with Crippen LogP contribution in [0.2, 0.25) is 5.02 Å². The van der Waals surface area contributed by atoms with Crippen molar-refractivity contribution in [2.75, 3.05) is 13.1 Å². The summed E-state index contributed by atoms with van der Waals surface area (Å²) in [5, 5.41) is 0.632. The number of amides is 1. The van der Waals surface area contributed by atoms with Crippen molar-refractivity contribution in [1.82, 2.24) is 4.90 Å². The second kappa shape index (κ2) is 5.93. The third-order valence-corrected chi connectivity index (χ3v) is 3.82. The zero-order valence-electron chi connectivity index (χ0n) is 10.2. The average molecular weight is 333 g/mol. The van der Waals surface area contributed by atoms with Crippen LogP contribution in [0.1, 0.15) is 19.8 Å². The predicted octanol–water partition coefficient (Wildman–Crippen LogP) is 3.49. The minimum absolute atomic E-state index is 0.0503. The summed E-state index contributed by atoms with van der Waals surface area (Å²) in [4.78, 5) is 13.9. The van der Waals surface area contributed by atoms with Crippen LogP contribution in [-0.2, 0) is 4.79 Å². The van der Waals surface area contributed by atoms with E-state index in [1.54, 1.807) is 25.1 Å². The van der Waals surface area contributed by atoms with Crippen molar-refractivity contribution in [3.8, 4) is 5.75 Å². The van der Waals surface area contributed by atoms with Gasteiger partial charge in [-0.1, -0.05) is 11.6 Å². The second-order valence-corrected chi connectivity index (χ2v) is 5.66. The quantitative estimate of drug-likeness (QED) is 0.848. The van der Waals surface area contributed by atoms with Gasteiger partial charge >= 0.3 is 0 Å². The third-order valence-electron chi connectivity index (χ3n) is 2.96. The summed E-state index contributed by atoms with van der Waals surface area (Å²) < 4.78 is 6.44. The van der Waals surface area contributed by atoms with E-state index < -0.39 is 6.10 Å². The van der Waals surface area contributed by atoms with Crippen molar-refractivity contribution in [1.29, 1.82) is 0 Å². The first-order valence-corrected chi connectivity index (χ1v) is 7.15. The Labute approximate surface area is 120 Å². The van der Waals surface area contributed by atoms with E-state index >= 15 is 0 Å². The van der Waals surface area contributed by atoms with Gasteiger partial charge < -0.3 is 9.64 Å². The second-order valence-electron chi connectivity index (χ2n) is 4.37. The van der Waals surface area contributed by atoms with Gasteiger partial charge in [-0.25, -0.2) is 0 Å². The van der Waals surface area contributed by atoms with E-state index in [0.29, 0.717) is 10.8 Å². The normalized spacial score (nSPS) is 16.7. The Morgan fingerprint density at radius 2 is 2.11 bits per heavy atom. The van der Waals surface area contributed by atoms with Crippen LogP contribution in [0, 0.1) is 0 Å². The number of ether oxygens (including phenoxy) is 1. The summed E-state index contributed by atoms with van der Waals surface area (Å²) in [6.45, 7) is 3.46. The summed E-state index contributed by atoms with van der Waals surface area (Å²) >= 11 is 9.23. The molecule has 1 atom stereocenters. The third kappa shape index (κ3) is 3.18. The lowest BCUT2D eigenvalue weighted by Gasteiger charge is -2.21. The van der Waals surface area contributed by atoms with E-state index in [-0.39, 0.29) is 5.91 Å². The summed E-state index contributed by atoms with van der Waals surface area (Å²) in [7, 11) is 0. The van der Waals surface area contributed by atoms with Crippen LogP contribution in [-0.4, -0.2) is 30.0 Å². The highest BCUT2D eigenvalue weighted by Crippen LogP contribution is 2.29. The Kier molecular flexibility index (Phi) is 4.51. The number of nitrogens with zero attached hydrogens (tertiary/aromatic N) is 1. The van der Waals surface area contributed by atoms with Gasteiger partial charge in [-0.15, -0.1) is 0 Å². The molecule has 0 bridgehead atoms. The summed E-state index contributed by atoms with van der Waals surface area (Å²) in [5.41, 5.74) is 0. The molecule has 18 heavy (non-hydrogen) atoms. The molecule has 0 aliphatic carbocycles. The maximum atomic E-state index is 12.1. The molecule has 2 rings (SSSR count). The van der Waals surface area contributed by atoms with E-state index in [4.69, 9.17) is 16.3 Å². The number of halogens is 2. The van der Waals surface area contributed by atoms with Gasteiger partial charge in [0.25, 0.3) is 5.91 Å². The van der Waals surface area contributed by atoms with Crippen molar-refractivity contribution >= 4 is 33.4 Å². The summed E-state index contributed by atoms with van der Waals surface area (Å²) in [6, 6.07) is 5.26. The molecule has 0 radical (unpaired) electrons. The first kappa shape index (κ1) is 13.7. The Balaban J connectivity index is 2.01. The van der Waals surface area contributed by atoms with Crippen LogP contribution in [0.15, 0.2) is 22.7 Å². The Morgan fingerprint density at radius 3 is 2.72 bits per heavy atom. The predicted molar refractivity (Wildman–Crippen MR) is 75.1 cm³/mol. The van der Waals surface area contributed by atoms with Gasteiger partial charge in [0.05, 0.1) is 4.47 Å². The molecule has 1 aromatic rings. The molecule has 0 aromatic heterocycles. The lowest BCUT2D eigenvalue weighted by Crippen LogP contribution is -2.38. The standard InChI is InChI=1S/C13H15BrClNO2/c1-9(13(17)16-6-2-3-7-16)18-12-5-4-10(15)8-11(12)14/h4-5,8-9H,2-3,6-7H2,1H3. The van der Waals surface area contributed by atoms with Crippen LogP contribution in [0.5, 0.6) is 5.75 Å². The molecule has 3 nitrogen and oxygen atoms in total. The monoisotopic (exact) mass is 331 g/mol. The van der Waals surface area contributed by atoms with Crippen LogP contribution in [0.4, 0.5) is 0 Å². The number of likely N-dealkylation sites (tertiary alicyclic amines) is 1. The molecule has 1 aliphatic heterocycles. The first-order valence-electron chi connectivity index (χ1n) is 5.98. The highest BCUT2D eigenvalue weighted by molar-refractivity contribution is 9.10. The molecular weight excluding hydrogens is 318 g/mol. The first-order chi connectivity index (χ1) is 8.58. The van der Waals surface area contributed by atoms with Gasteiger partial charge in [-0.3, -0.25) is 4.79 Å². The van der Waals surface area contributed by atoms with Crippen molar-refractivity contribution in [2.24, 2.45) is 0 Å².